The van der Waals surface area contributed by atoms with Crippen molar-refractivity contribution in [3.63, 3.8) is 0 Å². The molecule has 33 heavy (non-hydrogen) atoms. The van der Waals surface area contributed by atoms with Gasteiger partial charge in [0.2, 0.25) is 5.91 Å². The van der Waals surface area contributed by atoms with E-state index in [1.807, 2.05) is 17.1 Å². The van der Waals surface area contributed by atoms with E-state index in [0.29, 0.717) is 19.4 Å². The van der Waals surface area contributed by atoms with Crippen molar-refractivity contribution in [1.29, 1.82) is 0 Å². The Bertz CT molecular complexity index is 724. The third-order valence-corrected chi connectivity index (χ3v) is 7.38. The molecule has 1 saturated heterocycles. The number of benzene rings is 1. The Morgan fingerprint density at radius 2 is 2.00 bits per heavy atom. The molecule has 0 radical (unpaired) electrons. The normalized spacial score (nSPS) is 18.1. The molecule has 1 aliphatic heterocycles. The third kappa shape index (κ3) is 10.8. The topological polar surface area (TPSA) is 66.8 Å². The number of methoxy groups -OCH3 is 1. The Morgan fingerprint density at radius 1 is 1.21 bits per heavy atom. The lowest BCUT2D eigenvalue weighted by Gasteiger charge is -2.23. The Balaban J connectivity index is 1.62. The van der Waals surface area contributed by atoms with E-state index in [-0.39, 0.29) is 23.8 Å². The van der Waals surface area contributed by atoms with Crippen LogP contribution in [-0.2, 0) is 20.7 Å². The molecule has 1 unspecified atom stereocenters. The fourth-order valence-corrected chi connectivity index (χ4v) is 5.03. The Labute approximate surface area is 204 Å². The van der Waals surface area contributed by atoms with E-state index in [1.165, 1.54) is 25.5 Å². The molecule has 0 saturated carbocycles. The molecule has 1 aliphatic rings. The van der Waals surface area contributed by atoms with E-state index in [9.17, 15) is 14.7 Å². The number of hydrogen-bond acceptors (Lipinski definition) is 5. The molecule has 1 aromatic carbocycles. The highest BCUT2D eigenvalue weighted by atomic mass is 32.2. The van der Waals surface area contributed by atoms with Crippen LogP contribution in [-0.4, -0.2) is 59.2 Å². The molecule has 1 fully saturated rings. The lowest BCUT2D eigenvalue weighted by molar-refractivity contribution is -0.140. The van der Waals surface area contributed by atoms with Crippen LogP contribution in [0, 0.1) is 5.92 Å². The largest absolute Gasteiger partial charge is 0.469 e. The van der Waals surface area contributed by atoms with Crippen molar-refractivity contribution < 1.29 is 19.4 Å². The maximum atomic E-state index is 12.3. The summed E-state index contributed by atoms with van der Waals surface area (Å²) in [5, 5.41) is 10.6. The first-order chi connectivity index (χ1) is 16.0. The van der Waals surface area contributed by atoms with Crippen molar-refractivity contribution in [3.8, 4) is 0 Å². The number of esters is 1. The fourth-order valence-electron chi connectivity index (χ4n) is 4.15. The molecule has 1 amide bonds. The van der Waals surface area contributed by atoms with E-state index in [4.69, 9.17) is 0 Å². The number of unbranched alkanes of at least 4 members (excludes halogenated alkanes) is 2. The maximum absolute atomic E-state index is 12.3. The number of rotatable bonds is 16. The lowest BCUT2D eigenvalue weighted by atomic mass is 9.95. The second-order valence-electron chi connectivity index (χ2n) is 8.92. The highest BCUT2D eigenvalue weighted by Gasteiger charge is 2.28. The standard InChI is InChI=1S/C27H41NO4S/c1-22(10-5-3-6-11-23-12-7-4-8-13-23)25(29)17-15-24-16-18-26(30)28(24)19-21-33-20-9-14-27(31)32-2/h4,7-8,12-13,15,17,22,24-25,29H,3,5-6,9-11,14,16,18-21H2,1-2H3/t22-,24?,25+/m0/s1. The Hall–Kier alpha value is -1.79. The minimum atomic E-state index is -0.468. The van der Waals surface area contributed by atoms with Gasteiger partial charge in [-0.15, -0.1) is 0 Å². The van der Waals surface area contributed by atoms with Crippen LogP contribution in [0.25, 0.3) is 0 Å². The average molecular weight is 476 g/mol. The summed E-state index contributed by atoms with van der Waals surface area (Å²) in [6.45, 7) is 2.82. The first-order valence-corrected chi connectivity index (χ1v) is 13.5. The molecule has 5 nitrogen and oxygen atoms in total. The predicted octanol–water partition coefficient (Wildman–Crippen LogP) is 5.02. The molecule has 1 heterocycles. The second kappa shape index (κ2) is 15.9. The molecule has 2 rings (SSSR count). The van der Waals surface area contributed by atoms with Gasteiger partial charge in [0.05, 0.1) is 19.3 Å². The number of nitrogens with zero attached hydrogens (tertiary/aromatic N) is 1. The van der Waals surface area contributed by atoms with Gasteiger partial charge in [-0.05, 0) is 49.3 Å². The van der Waals surface area contributed by atoms with Crippen LogP contribution in [0.3, 0.4) is 0 Å². The first kappa shape index (κ1) is 27.5. The van der Waals surface area contributed by atoms with Crippen molar-refractivity contribution >= 4 is 23.6 Å². The zero-order valence-electron chi connectivity index (χ0n) is 20.3. The molecule has 0 spiro atoms. The number of carbonyl (C=O) groups is 2. The number of aryl methyl sites for hydroxylation is 1. The monoisotopic (exact) mass is 475 g/mol. The van der Waals surface area contributed by atoms with Crippen molar-refractivity contribution in [1.82, 2.24) is 4.90 Å². The minimum absolute atomic E-state index is 0.0842. The van der Waals surface area contributed by atoms with Crippen molar-refractivity contribution in [3.05, 3.63) is 48.0 Å². The minimum Gasteiger partial charge on any atom is -0.469 e. The number of carbonyl (C=O) groups excluding carboxylic acids is 2. The zero-order valence-corrected chi connectivity index (χ0v) is 21.1. The SMILES string of the molecule is COC(=O)CCCSCCN1C(=O)CCC1C=C[C@@H](O)[C@@H](C)CCCCCc1ccccc1. The van der Waals surface area contributed by atoms with Crippen molar-refractivity contribution in [2.45, 2.75) is 76.9 Å². The Kier molecular flexibility index (Phi) is 13.3. The molecule has 1 aromatic rings. The van der Waals surface area contributed by atoms with E-state index < -0.39 is 6.10 Å². The van der Waals surface area contributed by atoms with Gasteiger partial charge >= 0.3 is 5.97 Å². The first-order valence-electron chi connectivity index (χ1n) is 12.4. The van der Waals surface area contributed by atoms with E-state index in [1.54, 1.807) is 11.8 Å². The van der Waals surface area contributed by atoms with E-state index in [2.05, 4.69) is 42.0 Å². The molecule has 184 valence electrons. The van der Waals surface area contributed by atoms with E-state index >= 15 is 0 Å². The van der Waals surface area contributed by atoms with Crippen molar-refractivity contribution in [2.24, 2.45) is 5.92 Å². The summed E-state index contributed by atoms with van der Waals surface area (Å²) in [7, 11) is 1.41. The van der Waals surface area contributed by atoms with Gasteiger partial charge in [0, 0.05) is 25.1 Å². The van der Waals surface area contributed by atoms with E-state index in [0.717, 1.165) is 43.6 Å². The summed E-state index contributed by atoms with van der Waals surface area (Å²) in [6, 6.07) is 10.7. The van der Waals surface area contributed by atoms with Crippen LogP contribution in [0.4, 0.5) is 0 Å². The second-order valence-corrected chi connectivity index (χ2v) is 10.1. The van der Waals surface area contributed by atoms with Gasteiger partial charge in [0.25, 0.3) is 0 Å². The molecule has 3 atom stereocenters. The highest BCUT2D eigenvalue weighted by Crippen LogP contribution is 2.22. The number of amides is 1. The summed E-state index contributed by atoms with van der Waals surface area (Å²) < 4.78 is 4.65. The third-order valence-electron chi connectivity index (χ3n) is 6.33. The fraction of sp³-hybridized carbons (Fsp3) is 0.630. The van der Waals surface area contributed by atoms with Crippen LogP contribution >= 0.6 is 11.8 Å². The smallest absolute Gasteiger partial charge is 0.305 e. The summed E-state index contributed by atoms with van der Waals surface area (Å²) >= 11 is 1.76. The van der Waals surface area contributed by atoms with Gasteiger partial charge in [-0.2, -0.15) is 11.8 Å². The highest BCUT2D eigenvalue weighted by molar-refractivity contribution is 7.99. The molecule has 0 bridgehead atoms. The molecule has 0 aliphatic carbocycles. The van der Waals surface area contributed by atoms with Gasteiger partial charge in [0.15, 0.2) is 0 Å². The number of thioether (sulfide) groups is 1. The van der Waals surface area contributed by atoms with Gasteiger partial charge in [0.1, 0.15) is 0 Å². The predicted molar refractivity (Wildman–Crippen MR) is 136 cm³/mol. The van der Waals surface area contributed by atoms with Gasteiger partial charge < -0.3 is 14.7 Å². The lowest BCUT2D eigenvalue weighted by Crippen LogP contribution is -2.34. The quantitative estimate of drug-likeness (QED) is 0.207. The van der Waals surface area contributed by atoms with Crippen LogP contribution < -0.4 is 0 Å². The summed E-state index contributed by atoms with van der Waals surface area (Å²) in [5.41, 5.74) is 1.39. The number of aliphatic hydroxyl groups is 1. The summed E-state index contributed by atoms with van der Waals surface area (Å²) in [5.74, 6) is 1.99. The van der Waals surface area contributed by atoms with Crippen molar-refractivity contribution in [2.75, 3.05) is 25.2 Å². The molecule has 0 aromatic heterocycles. The number of likely N-dealkylation sites (tertiary alicyclic amines) is 1. The molecule has 6 heteroatoms. The average Bonchev–Trinajstić information content (AvgIpc) is 3.18. The summed E-state index contributed by atoms with van der Waals surface area (Å²) in [6.07, 6.45) is 11.7. The van der Waals surface area contributed by atoms with Crippen LogP contribution in [0.1, 0.15) is 63.9 Å². The number of aliphatic hydroxyl groups excluding tert-OH is 1. The number of hydrogen-bond donors (Lipinski definition) is 1. The molecular formula is C27H41NO4S. The van der Waals surface area contributed by atoms with Gasteiger partial charge in [-0.3, -0.25) is 9.59 Å². The number of ether oxygens (including phenoxy) is 1. The Morgan fingerprint density at radius 3 is 2.76 bits per heavy atom. The maximum Gasteiger partial charge on any atom is 0.305 e. The van der Waals surface area contributed by atoms with Gasteiger partial charge in [-0.1, -0.05) is 62.2 Å². The van der Waals surface area contributed by atoms with Crippen LogP contribution in [0.2, 0.25) is 0 Å². The molecule has 1 N–H and O–H groups in total. The zero-order chi connectivity index (χ0) is 23.9. The summed E-state index contributed by atoms with van der Waals surface area (Å²) in [4.78, 5) is 25.4. The van der Waals surface area contributed by atoms with Crippen LogP contribution in [0.15, 0.2) is 42.5 Å². The van der Waals surface area contributed by atoms with Crippen LogP contribution in [0.5, 0.6) is 0 Å². The molecular weight excluding hydrogens is 434 g/mol. The van der Waals surface area contributed by atoms with Gasteiger partial charge in [-0.25, -0.2) is 0 Å².